The minimum atomic E-state index is 0. The lowest BCUT2D eigenvalue weighted by molar-refractivity contribution is -0.943. The fraction of sp³-hybridized carbons (Fsp3) is 0.684. The normalized spacial score (nSPS) is 12.0. The monoisotopic (exact) mass is 355 g/mol. The number of quaternary nitrogens is 1. The molecule has 2 heteroatoms. The van der Waals surface area contributed by atoms with Crippen LogP contribution in [-0.2, 0) is 6.54 Å². The number of benzene rings is 1. The van der Waals surface area contributed by atoms with Crippen molar-refractivity contribution in [2.24, 2.45) is 5.41 Å². The topological polar surface area (TPSA) is 0 Å². The minimum Gasteiger partial charge on any atom is -1.00 e. The van der Waals surface area contributed by atoms with E-state index in [2.05, 4.69) is 65.0 Å². The van der Waals surface area contributed by atoms with E-state index in [0.29, 0.717) is 5.41 Å². The molecular formula is C19H34BrN. The summed E-state index contributed by atoms with van der Waals surface area (Å²) in [6, 6.07) is 11.0. The van der Waals surface area contributed by atoms with Gasteiger partial charge in [0.1, 0.15) is 6.54 Å². The molecule has 1 aromatic carbocycles. The summed E-state index contributed by atoms with van der Waals surface area (Å²) in [5.74, 6) is 0. The molecule has 0 heterocycles. The summed E-state index contributed by atoms with van der Waals surface area (Å²) in [5, 5.41) is 0. The van der Waals surface area contributed by atoms with E-state index in [4.69, 9.17) is 0 Å². The van der Waals surface area contributed by atoms with Crippen LogP contribution in [0.5, 0.6) is 0 Å². The Kier molecular flexibility index (Phi) is 9.48. The third-order valence-electron chi connectivity index (χ3n) is 5.62. The molecule has 0 saturated carbocycles. The molecule has 0 spiro atoms. The van der Waals surface area contributed by atoms with E-state index in [0.717, 1.165) is 0 Å². The first kappa shape index (κ1) is 20.7. The van der Waals surface area contributed by atoms with Gasteiger partial charge in [0.2, 0.25) is 0 Å². The van der Waals surface area contributed by atoms with Crippen molar-refractivity contribution >= 4 is 0 Å². The van der Waals surface area contributed by atoms with Crippen LogP contribution in [0.2, 0.25) is 0 Å². The molecule has 0 fully saturated rings. The van der Waals surface area contributed by atoms with E-state index >= 15 is 0 Å². The maximum absolute atomic E-state index is 2.37. The van der Waals surface area contributed by atoms with Gasteiger partial charge in [0.15, 0.2) is 0 Å². The first-order valence-electron chi connectivity index (χ1n) is 8.48. The fourth-order valence-electron chi connectivity index (χ4n) is 3.49. The molecule has 0 aliphatic rings. The van der Waals surface area contributed by atoms with E-state index in [9.17, 15) is 0 Å². The number of halogens is 1. The van der Waals surface area contributed by atoms with Crippen LogP contribution in [0.1, 0.15) is 59.4 Å². The van der Waals surface area contributed by atoms with Crippen molar-refractivity contribution in [1.29, 1.82) is 0 Å². The van der Waals surface area contributed by atoms with Gasteiger partial charge in [-0.2, -0.15) is 0 Å². The fourth-order valence-corrected chi connectivity index (χ4v) is 3.49. The van der Waals surface area contributed by atoms with Crippen LogP contribution in [-0.4, -0.2) is 24.1 Å². The Morgan fingerprint density at radius 1 is 0.810 bits per heavy atom. The van der Waals surface area contributed by atoms with Crippen molar-refractivity contribution in [2.75, 3.05) is 19.6 Å². The Balaban J connectivity index is 0.00000400. The second kappa shape index (κ2) is 9.63. The number of hydrogen-bond donors (Lipinski definition) is 0. The maximum Gasteiger partial charge on any atom is 0.104 e. The highest BCUT2D eigenvalue weighted by Gasteiger charge is 2.36. The number of hydrogen-bond acceptors (Lipinski definition) is 0. The molecular weight excluding hydrogens is 322 g/mol. The third kappa shape index (κ3) is 5.41. The maximum atomic E-state index is 2.37. The second-order valence-corrected chi connectivity index (χ2v) is 6.34. The zero-order valence-electron chi connectivity index (χ0n) is 14.7. The van der Waals surface area contributed by atoms with E-state index in [1.807, 2.05) is 0 Å². The second-order valence-electron chi connectivity index (χ2n) is 6.34. The van der Waals surface area contributed by atoms with Gasteiger partial charge in [-0.1, -0.05) is 51.1 Å². The molecule has 0 bridgehead atoms. The number of rotatable bonds is 9. The van der Waals surface area contributed by atoms with Crippen molar-refractivity contribution in [2.45, 2.75) is 60.4 Å². The quantitative estimate of drug-likeness (QED) is 0.596. The first-order chi connectivity index (χ1) is 9.59. The van der Waals surface area contributed by atoms with Crippen LogP contribution >= 0.6 is 0 Å². The summed E-state index contributed by atoms with van der Waals surface area (Å²) in [5.41, 5.74) is 1.99. The average Bonchev–Trinajstić information content (AvgIpc) is 2.53. The summed E-state index contributed by atoms with van der Waals surface area (Å²) < 4.78 is 1.22. The molecule has 0 aliphatic heterocycles. The smallest absolute Gasteiger partial charge is 0.104 e. The summed E-state index contributed by atoms with van der Waals surface area (Å²) >= 11 is 0. The van der Waals surface area contributed by atoms with Gasteiger partial charge in [0, 0.05) is 11.0 Å². The molecule has 122 valence electrons. The van der Waals surface area contributed by atoms with Gasteiger partial charge in [0.25, 0.3) is 0 Å². The molecule has 0 radical (unpaired) electrons. The predicted molar refractivity (Wildman–Crippen MR) is 89.7 cm³/mol. The Morgan fingerprint density at radius 3 is 1.67 bits per heavy atom. The Morgan fingerprint density at radius 2 is 1.29 bits per heavy atom. The summed E-state index contributed by atoms with van der Waals surface area (Å²) in [6.45, 7) is 16.8. The lowest BCUT2D eigenvalue weighted by atomic mass is 9.78. The summed E-state index contributed by atoms with van der Waals surface area (Å²) in [4.78, 5) is 0. The Bertz CT molecular complexity index is 358. The third-order valence-corrected chi connectivity index (χ3v) is 5.62. The van der Waals surface area contributed by atoms with Crippen LogP contribution in [0, 0.1) is 5.41 Å². The Hall–Kier alpha value is -0.340. The van der Waals surface area contributed by atoms with Gasteiger partial charge in [-0.25, -0.2) is 0 Å². The molecule has 1 nitrogen and oxygen atoms in total. The van der Waals surface area contributed by atoms with Gasteiger partial charge >= 0.3 is 0 Å². The molecule has 1 aromatic rings. The first-order valence-corrected chi connectivity index (χ1v) is 8.48. The van der Waals surface area contributed by atoms with Gasteiger partial charge in [0.05, 0.1) is 19.6 Å². The highest BCUT2D eigenvalue weighted by atomic mass is 79.9. The molecule has 0 unspecified atom stereocenters. The molecule has 0 saturated heterocycles. The van der Waals surface area contributed by atoms with Crippen molar-refractivity contribution in [1.82, 2.24) is 0 Å². The molecule has 0 aliphatic carbocycles. The summed E-state index contributed by atoms with van der Waals surface area (Å²) in [6.07, 6.45) is 3.90. The summed E-state index contributed by atoms with van der Waals surface area (Å²) in [7, 11) is 0. The highest BCUT2D eigenvalue weighted by molar-refractivity contribution is 5.13. The lowest BCUT2D eigenvalue weighted by Gasteiger charge is -2.44. The van der Waals surface area contributed by atoms with Crippen molar-refractivity contribution < 1.29 is 21.5 Å². The standard InChI is InChI=1S/C19H34N.BrH/c1-6-19(7-2,8-3)17-20(9-4,10-5)16-18-14-12-11-13-15-18;/h11-15H,6-10,16-17H2,1-5H3;1H/q+1;/p-1. The SMILES string of the molecule is CCC(CC)(CC)C[N+](CC)(CC)Cc1ccccc1.[Br-]. The zero-order chi connectivity index (χ0) is 15.1. The zero-order valence-corrected chi connectivity index (χ0v) is 16.2. The van der Waals surface area contributed by atoms with Gasteiger partial charge in [-0.3, -0.25) is 0 Å². The van der Waals surface area contributed by atoms with Crippen LogP contribution in [0.15, 0.2) is 30.3 Å². The van der Waals surface area contributed by atoms with E-state index in [-0.39, 0.29) is 17.0 Å². The minimum absolute atomic E-state index is 0. The molecule has 1 rings (SSSR count). The van der Waals surface area contributed by atoms with Gasteiger partial charge in [-0.05, 0) is 33.1 Å². The van der Waals surface area contributed by atoms with E-state index in [1.54, 1.807) is 0 Å². The van der Waals surface area contributed by atoms with Gasteiger partial charge < -0.3 is 21.5 Å². The van der Waals surface area contributed by atoms with E-state index < -0.39 is 0 Å². The molecule has 0 N–H and O–H groups in total. The van der Waals surface area contributed by atoms with E-state index in [1.165, 1.54) is 55.5 Å². The molecule has 0 atom stereocenters. The van der Waals surface area contributed by atoms with Crippen LogP contribution in [0.25, 0.3) is 0 Å². The molecule has 0 aromatic heterocycles. The van der Waals surface area contributed by atoms with Crippen molar-refractivity contribution in [3.8, 4) is 0 Å². The number of nitrogens with zero attached hydrogens (tertiary/aromatic N) is 1. The van der Waals surface area contributed by atoms with Crippen LogP contribution < -0.4 is 17.0 Å². The van der Waals surface area contributed by atoms with Crippen molar-refractivity contribution in [3.05, 3.63) is 35.9 Å². The van der Waals surface area contributed by atoms with Crippen molar-refractivity contribution in [3.63, 3.8) is 0 Å². The molecule has 0 amide bonds. The largest absolute Gasteiger partial charge is 1.00 e. The lowest BCUT2D eigenvalue weighted by Crippen LogP contribution is -3.00. The predicted octanol–water partition coefficient (Wildman–Crippen LogP) is 2.26. The Labute approximate surface area is 143 Å². The average molecular weight is 356 g/mol. The van der Waals surface area contributed by atoms with Crippen LogP contribution in [0.3, 0.4) is 0 Å². The highest BCUT2D eigenvalue weighted by Crippen LogP contribution is 2.34. The molecule has 21 heavy (non-hydrogen) atoms. The van der Waals surface area contributed by atoms with Gasteiger partial charge in [-0.15, -0.1) is 0 Å². The van der Waals surface area contributed by atoms with Crippen LogP contribution in [0.4, 0.5) is 0 Å².